The monoisotopic (exact) mass is 249 g/mol. The van der Waals surface area contributed by atoms with Crippen LogP contribution in [0.3, 0.4) is 0 Å². The summed E-state index contributed by atoms with van der Waals surface area (Å²) in [6.45, 7) is 5.19. The zero-order valence-electron chi connectivity index (χ0n) is 11.0. The first kappa shape index (κ1) is 12.8. The molecule has 0 spiro atoms. The number of carbonyl (C=O) groups excluding carboxylic acids is 1. The van der Waals surface area contributed by atoms with Gasteiger partial charge in [0.2, 0.25) is 0 Å². The van der Waals surface area contributed by atoms with Crippen molar-refractivity contribution in [3.05, 3.63) is 24.0 Å². The maximum Gasteiger partial charge on any atom is 0.257 e. The van der Waals surface area contributed by atoms with Gasteiger partial charge in [-0.3, -0.25) is 9.78 Å². The number of nitrogens with zero attached hydrogens (tertiary/aromatic N) is 2. The van der Waals surface area contributed by atoms with Gasteiger partial charge in [0.05, 0.1) is 24.3 Å². The molecule has 1 aromatic rings. The largest absolute Gasteiger partial charge is 0.387 e. The van der Waals surface area contributed by atoms with Gasteiger partial charge in [-0.05, 0) is 19.9 Å². The predicted octanol–water partition coefficient (Wildman–Crippen LogP) is 1.37. The van der Waals surface area contributed by atoms with Crippen molar-refractivity contribution in [1.29, 1.82) is 0 Å². The van der Waals surface area contributed by atoms with Crippen molar-refractivity contribution >= 4 is 11.6 Å². The summed E-state index contributed by atoms with van der Waals surface area (Å²) in [5.74, 6) is 0.00935. The van der Waals surface area contributed by atoms with Gasteiger partial charge in [0.1, 0.15) is 0 Å². The third-order valence-corrected chi connectivity index (χ3v) is 3.19. The normalized spacial score (nSPS) is 23.8. The van der Waals surface area contributed by atoms with Gasteiger partial charge in [0.15, 0.2) is 0 Å². The van der Waals surface area contributed by atoms with Crippen molar-refractivity contribution in [2.45, 2.75) is 26.0 Å². The van der Waals surface area contributed by atoms with Crippen LogP contribution in [0.15, 0.2) is 18.5 Å². The van der Waals surface area contributed by atoms with Crippen LogP contribution in [0, 0.1) is 0 Å². The van der Waals surface area contributed by atoms with E-state index in [0.717, 1.165) is 5.69 Å². The lowest BCUT2D eigenvalue weighted by Crippen LogP contribution is -2.50. The second kappa shape index (κ2) is 5.35. The van der Waals surface area contributed by atoms with E-state index in [4.69, 9.17) is 4.74 Å². The molecule has 18 heavy (non-hydrogen) atoms. The third kappa shape index (κ3) is 2.46. The van der Waals surface area contributed by atoms with Crippen molar-refractivity contribution in [1.82, 2.24) is 9.88 Å². The van der Waals surface area contributed by atoms with Crippen LogP contribution in [0.2, 0.25) is 0 Å². The molecule has 98 valence electrons. The van der Waals surface area contributed by atoms with E-state index < -0.39 is 0 Å². The van der Waals surface area contributed by atoms with Crippen LogP contribution in [0.1, 0.15) is 24.2 Å². The van der Waals surface area contributed by atoms with Gasteiger partial charge in [-0.25, -0.2) is 0 Å². The van der Waals surface area contributed by atoms with E-state index in [0.29, 0.717) is 18.7 Å². The molecule has 0 aromatic carbocycles. The van der Waals surface area contributed by atoms with Gasteiger partial charge in [-0.15, -0.1) is 0 Å². The van der Waals surface area contributed by atoms with Gasteiger partial charge in [-0.2, -0.15) is 0 Å². The lowest BCUT2D eigenvalue weighted by Gasteiger charge is -2.37. The zero-order valence-corrected chi connectivity index (χ0v) is 11.0. The van der Waals surface area contributed by atoms with Crippen LogP contribution in [0.5, 0.6) is 0 Å². The number of anilines is 1. The molecule has 5 nitrogen and oxygen atoms in total. The molecule has 1 aliphatic heterocycles. The van der Waals surface area contributed by atoms with E-state index in [9.17, 15) is 4.79 Å². The van der Waals surface area contributed by atoms with Gasteiger partial charge >= 0.3 is 0 Å². The standard InChI is InChI=1S/C13H19N3O2/c1-9-8-18-10(2)7-16(9)13(17)11-6-15-5-4-12(11)14-3/h4-6,9-10H,7-8H2,1-3H3,(H,14,15). The molecule has 0 aliphatic carbocycles. The minimum absolute atomic E-state index is 0.00935. The summed E-state index contributed by atoms with van der Waals surface area (Å²) < 4.78 is 5.54. The number of rotatable bonds is 2. The van der Waals surface area contributed by atoms with Crippen molar-refractivity contribution < 1.29 is 9.53 Å². The van der Waals surface area contributed by atoms with E-state index in [1.807, 2.05) is 24.8 Å². The lowest BCUT2D eigenvalue weighted by molar-refractivity contribution is -0.0386. The minimum atomic E-state index is 0.00935. The average molecular weight is 249 g/mol. The first-order valence-electron chi connectivity index (χ1n) is 6.17. The fraction of sp³-hybridized carbons (Fsp3) is 0.538. The van der Waals surface area contributed by atoms with Crippen LogP contribution in [0.25, 0.3) is 0 Å². The Hall–Kier alpha value is -1.62. The number of carbonyl (C=O) groups is 1. The molecule has 1 amide bonds. The zero-order chi connectivity index (χ0) is 13.1. The molecule has 5 heteroatoms. The first-order chi connectivity index (χ1) is 8.63. The smallest absolute Gasteiger partial charge is 0.257 e. The van der Waals surface area contributed by atoms with Gasteiger partial charge in [0, 0.05) is 31.7 Å². The van der Waals surface area contributed by atoms with Crippen LogP contribution < -0.4 is 5.32 Å². The summed E-state index contributed by atoms with van der Waals surface area (Å²) in [6.07, 6.45) is 3.37. The second-order valence-electron chi connectivity index (χ2n) is 4.62. The Kier molecular flexibility index (Phi) is 3.81. The summed E-state index contributed by atoms with van der Waals surface area (Å²) in [7, 11) is 1.80. The Bertz CT molecular complexity index is 436. The Balaban J connectivity index is 2.24. The molecule has 0 radical (unpaired) electrons. The molecule has 1 aromatic heterocycles. The highest BCUT2D eigenvalue weighted by Gasteiger charge is 2.29. The third-order valence-electron chi connectivity index (χ3n) is 3.19. The van der Waals surface area contributed by atoms with E-state index in [-0.39, 0.29) is 18.1 Å². The summed E-state index contributed by atoms with van der Waals surface area (Å²) in [6, 6.07) is 1.90. The number of amides is 1. The number of hydrogen-bond acceptors (Lipinski definition) is 4. The van der Waals surface area contributed by atoms with Crippen molar-refractivity contribution in [2.75, 3.05) is 25.5 Å². The Labute approximate surface area is 107 Å². The maximum atomic E-state index is 12.5. The molecule has 2 heterocycles. The number of nitrogens with one attached hydrogen (secondary N) is 1. The summed E-state index contributed by atoms with van der Waals surface area (Å²) >= 11 is 0. The molecule has 2 rings (SSSR count). The van der Waals surface area contributed by atoms with E-state index >= 15 is 0 Å². The van der Waals surface area contributed by atoms with Gasteiger partial charge in [0.25, 0.3) is 5.91 Å². The number of ether oxygens (including phenoxy) is 1. The average Bonchev–Trinajstić information content (AvgIpc) is 2.40. The Morgan fingerprint density at radius 3 is 3.06 bits per heavy atom. The molecule has 0 bridgehead atoms. The summed E-state index contributed by atoms with van der Waals surface area (Å²) in [5.41, 5.74) is 1.42. The number of hydrogen-bond donors (Lipinski definition) is 1. The number of aromatic nitrogens is 1. The molecular weight excluding hydrogens is 230 g/mol. The highest BCUT2D eigenvalue weighted by molar-refractivity contribution is 5.99. The Morgan fingerprint density at radius 2 is 2.33 bits per heavy atom. The van der Waals surface area contributed by atoms with Crippen LogP contribution in [0.4, 0.5) is 5.69 Å². The SMILES string of the molecule is CNc1ccncc1C(=O)N1CC(C)OCC1C. The fourth-order valence-corrected chi connectivity index (χ4v) is 2.12. The van der Waals surface area contributed by atoms with Crippen LogP contribution in [-0.2, 0) is 4.74 Å². The summed E-state index contributed by atoms with van der Waals surface area (Å²) in [5, 5.41) is 3.02. The van der Waals surface area contributed by atoms with Crippen molar-refractivity contribution in [2.24, 2.45) is 0 Å². The topological polar surface area (TPSA) is 54.5 Å². The maximum absolute atomic E-state index is 12.5. The lowest BCUT2D eigenvalue weighted by atomic mass is 10.1. The predicted molar refractivity (Wildman–Crippen MR) is 69.7 cm³/mol. The van der Waals surface area contributed by atoms with Gasteiger partial charge < -0.3 is 15.0 Å². The van der Waals surface area contributed by atoms with Crippen molar-refractivity contribution in [3.8, 4) is 0 Å². The van der Waals surface area contributed by atoms with Crippen LogP contribution >= 0.6 is 0 Å². The van der Waals surface area contributed by atoms with Gasteiger partial charge in [-0.1, -0.05) is 0 Å². The Morgan fingerprint density at radius 1 is 1.56 bits per heavy atom. The molecule has 1 aliphatic rings. The molecule has 1 fully saturated rings. The van der Waals surface area contributed by atoms with Crippen LogP contribution in [-0.4, -0.2) is 48.1 Å². The minimum Gasteiger partial charge on any atom is -0.387 e. The summed E-state index contributed by atoms with van der Waals surface area (Å²) in [4.78, 5) is 18.4. The number of morpholine rings is 1. The van der Waals surface area contributed by atoms with E-state index in [2.05, 4.69) is 10.3 Å². The fourth-order valence-electron chi connectivity index (χ4n) is 2.12. The highest BCUT2D eigenvalue weighted by Crippen LogP contribution is 2.19. The second-order valence-corrected chi connectivity index (χ2v) is 4.62. The molecule has 2 atom stereocenters. The first-order valence-corrected chi connectivity index (χ1v) is 6.17. The molecule has 1 saturated heterocycles. The number of pyridine rings is 1. The van der Waals surface area contributed by atoms with E-state index in [1.165, 1.54) is 0 Å². The van der Waals surface area contributed by atoms with Crippen molar-refractivity contribution in [3.63, 3.8) is 0 Å². The molecular formula is C13H19N3O2. The molecule has 2 unspecified atom stereocenters. The quantitative estimate of drug-likeness (QED) is 0.860. The highest BCUT2D eigenvalue weighted by atomic mass is 16.5. The molecule has 0 saturated carbocycles. The molecule has 1 N–H and O–H groups in total. The van der Waals surface area contributed by atoms with E-state index in [1.54, 1.807) is 19.4 Å².